The third kappa shape index (κ3) is 1.86. The van der Waals surface area contributed by atoms with Crippen molar-refractivity contribution in [2.24, 2.45) is 0 Å². The lowest BCUT2D eigenvalue weighted by atomic mass is 10.5. The number of hydrogen-bond donors (Lipinski definition) is 0. The summed E-state index contributed by atoms with van der Waals surface area (Å²) in [7, 11) is 0. The minimum absolute atomic E-state index is 0.822. The molecule has 0 amide bonds. The molecule has 0 radical (unpaired) electrons. The van der Waals surface area contributed by atoms with Gasteiger partial charge in [0.2, 0.25) is 0 Å². The van der Waals surface area contributed by atoms with Crippen LogP contribution in [-0.4, -0.2) is 9.97 Å². The second-order valence-electron chi connectivity index (χ2n) is 1.59. The van der Waals surface area contributed by atoms with Crippen LogP contribution in [-0.2, 0) is 0 Å². The van der Waals surface area contributed by atoms with Crippen LogP contribution in [0.3, 0.4) is 0 Å². The average molecular weight is 299 g/mol. The molecule has 1 aromatic heterocycles. The van der Waals surface area contributed by atoms with Crippen molar-refractivity contribution in [3.05, 3.63) is 20.2 Å². The largest absolute Gasteiger partial charge is 0.246 e. The summed E-state index contributed by atoms with van der Waals surface area (Å²) in [5, 5.41) is 0. The molecule has 48 valence electrons. The van der Waals surface area contributed by atoms with E-state index in [1.165, 1.54) is 0 Å². The van der Waals surface area contributed by atoms with Gasteiger partial charge in [0.15, 0.2) is 0 Å². The van der Waals surface area contributed by atoms with Gasteiger partial charge in [-0.3, -0.25) is 0 Å². The normalized spacial score (nSPS) is 9.67. The molecule has 0 aromatic carbocycles. The molecule has 0 aliphatic rings. The van der Waals surface area contributed by atoms with Crippen molar-refractivity contribution in [3.63, 3.8) is 0 Å². The maximum Gasteiger partial charge on any atom is 0.138 e. The van der Waals surface area contributed by atoms with Crippen LogP contribution in [0.5, 0.6) is 0 Å². The minimum Gasteiger partial charge on any atom is -0.246 e. The van der Waals surface area contributed by atoms with E-state index < -0.39 is 0 Å². The Balaban J connectivity index is 3.17. The molecule has 9 heavy (non-hydrogen) atoms. The van der Waals surface area contributed by atoms with Crippen LogP contribution >= 0.6 is 38.5 Å². The highest BCUT2D eigenvalue weighted by atomic mass is 127. The quantitative estimate of drug-likeness (QED) is 0.686. The zero-order chi connectivity index (χ0) is 6.85. The van der Waals surface area contributed by atoms with Crippen molar-refractivity contribution in [3.8, 4) is 0 Å². The van der Waals surface area contributed by atoms with E-state index in [-0.39, 0.29) is 0 Å². The van der Waals surface area contributed by atoms with Crippen LogP contribution in [0.25, 0.3) is 0 Å². The van der Waals surface area contributed by atoms with Crippen LogP contribution in [0, 0.1) is 10.6 Å². The SMILES string of the molecule is Cc1cnc(I)c(Br)n1. The molecular formula is C5H4BrIN2. The lowest BCUT2D eigenvalue weighted by Gasteiger charge is -1.93. The van der Waals surface area contributed by atoms with Gasteiger partial charge in [0.25, 0.3) is 0 Å². The number of nitrogens with zero attached hydrogens (tertiary/aromatic N) is 2. The molecule has 1 heterocycles. The first-order valence-electron chi connectivity index (χ1n) is 2.35. The topological polar surface area (TPSA) is 25.8 Å². The average Bonchev–Trinajstić information content (AvgIpc) is 1.80. The molecule has 0 aliphatic carbocycles. The highest BCUT2D eigenvalue weighted by Gasteiger charge is 1.96. The first kappa shape index (κ1) is 7.40. The van der Waals surface area contributed by atoms with E-state index in [4.69, 9.17) is 0 Å². The van der Waals surface area contributed by atoms with Crippen molar-refractivity contribution in [1.82, 2.24) is 9.97 Å². The summed E-state index contributed by atoms with van der Waals surface area (Å²) >= 11 is 5.39. The Morgan fingerprint density at radius 1 is 1.67 bits per heavy atom. The fourth-order valence-corrected chi connectivity index (χ4v) is 1.08. The second-order valence-corrected chi connectivity index (χ2v) is 3.37. The van der Waals surface area contributed by atoms with Crippen molar-refractivity contribution >= 4 is 38.5 Å². The van der Waals surface area contributed by atoms with Gasteiger partial charge in [-0.25, -0.2) is 9.97 Å². The van der Waals surface area contributed by atoms with Crippen molar-refractivity contribution < 1.29 is 0 Å². The van der Waals surface area contributed by atoms with Gasteiger partial charge >= 0.3 is 0 Å². The van der Waals surface area contributed by atoms with Gasteiger partial charge in [0.05, 0.1) is 5.69 Å². The van der Waals surface area contributed by atoms with E-state index in [0.29, 0.717) is 0 Å². The van der Waals surface area contributed by atoms with Gasteiger partial charge in [-0.1, -0.05) is 0 Å². The second kappa shape index (κ2) is 2.92. The molecule has 0 N–H and O–H groups in total. The molecule has 0 bridgehead atoms. The van der Waals surface area contributed by atoms with Crippen LogP contribution in [0.2, 0.25) is 0 Å². The predicted molar refractivity (Wildman–Crippen MR) is 47.2 cm³/mol. The van der Waals surface area contributed by atoms with E-state index >= 15 is 0 Å². The fourth-order valence-electron chi connectivity index (χ4n) is 0.433. The maximum absolute atomic E-state index is 4.12. The highest BCUT2D eigenvalue weighted by molar-refractivity contribution is 14.1. The Morgan fingerprint density at radius 2 is 2.33 bits per heavy atom. The summed E-state index contributed by atoms with van der Waals surface area (Å²) in [6.07, 6.45) is 1.74. The standard InChI is InChI=1S/C5H4BrIN2/c1-3-2-8-5(7)4(6)9-3/h2H,1H3. The van der Waals surface area contributed by atoms with E-state index in [9.17, 15) is 0 Å². The van der Waals surface area contributed by atoms with Gasteiger partial charge in [0, 0.05) is 6.20 Å². The van der Waals surface area contributed by atoms with Crippen LogP contribution in [0.1, 0.15) is 5.69 Å². The van der Waals surface area contributed by atoms with Gasteiger partial charge in [-0.15, -0.1) is 0 Å². The Labute approximate surface area is 75.4 Å². The summed E-state index contributed by atoms with van der Waals surface area (Å²) in [5.41, 5.74) is 0.933. The van der Waals surface area contributed by atoms with Gasteiger partial charge < -0.3 is 0 Å². The molecule has 0 aliphatic heterocycles. The molecule has 0 saturated carbocycles. The van der Waals surface area contributed by atoms with Crippen LogP contribution < -0.4 is 0 Å². The lowest BCUT2D eigenvalue weighted by molar-refractivity contribution is 1.06. The minimum atomic E-state index is 0.822. The number of rotatable bonds is 0. The van der Waals surface area contributed by atoms with Crippen molar-refractivity contribution in [1.29, 1.82) is 0 Å². The molecule has 0 unspecified atom stereocenters. The predicted octanol–water partition coefficient (Wildman–Crippen LogP) is 2.15. The molecule has 0 fully saturated rings. The molecule has 4 heteroatoms. The molecule has 2 nitrogen and oxygen atoms in total. The summed E-state index contributed by atoms with van der Waals surface area (Å²) in [6, 6.07) is 0. The van der Waals surface area contributed by atoms with E-state index in [1.807, 2.05) is 6.92 Å². The first-order chi connectivity index (χ1) is 4.20. The molecular weight excluding hydrogens is 295 g/mol. The molecule has 0 spiro atoms. The Bertz CT molecular complexity index is 226. The molecule has 1 rings (SSSR count). The Kier molecular flexibility index (Phi) is 2.40. The number of aromatic nitrogens is 2. The number of halogens is 2. The number of hydrogen-bond acceptors (Lipinski definition) is 2. The third-order valence-corrected chi connectivity index (χ3v) is 2.89. The van der Waals surface area contributed by atoms with E-state index in [1.54, 1.807) is 6.20 Å². The van der Waals surface area contributed by atoms with Crippen molar-refractivity contribution in [2.75, 3.05) is 0 Å². The Hall–Kier alpha value is 0.290. The zero-order valence-corrected chi connectivity index (χ0v) is 8.47. The Morgan fingerprint density at radius 3 is 2.78 bits per heavy atom. The zero-order valence-electron chi connectivity index (χ0n) is 4.73. The van der Waals surface area contributed by atoms with Crippen LogP contribution in [0.15, 0.2) is 10.8 Å². The monoisotopic (exact) mass is 298 g/mol. The highest BCUT2D eigenvalue weighted by Crippen LogP contribution is 2.12. The van der Waals surface area contributed by atoms with Gasteiger partial charge in [0.1, 0.15) is 8.30 Å². The summed E-state index contributed by atoms with van der Waals surface area (Å²) < 4.78 is 1.72. The van der Waals surface area contributed by atoms with Crippen LogP contribution in [0.4, 0.5) is 0 Å². The van der Waals surface area contributed by atoms with E-state index in [2.05, 4.69) is 48.5 Å². The number of aryl methyl sites for hydroxylation is 1. The smallest absolute Gasteiger partial charge is 0.138 e. The maximum atomic E-state index is 4.12. The molecule has 0 atom stereocenters. The first-order valence-corrected chi connectivity index (χ1v) is 4.22. The van der Waals surface area contributed by atoms with Crippen molar-refractivity contribution in [2.45, 2.75) is 6.92 Å². The third-order valence-electron chi connectivity index (χ3n) is 0.809. The van der Waals surface area contributed by atoms with Gasteiger partial charge in [-0.2, -0.15) is 0 Å². The lowest BCUT2D eigenvalue weighted by Crippen LogP contribution is -1.88. The summed E-state index contributed by atoms with van der Waals surface area (Å²) in [6.45, 7) is 1.91. The fraction of sp³-hybridized carbons (Fsp3) is 0.200. The molecule has 0 saturated heterocycles. The molecule has 1 aromatic rings. The van der Waals surface area contributed by atoms with Gasteiger partial charge in [-0.05, 0) is 45.4 Å². The van der Waals surface area contributed by atoms with E-state index in [0.717, 1.165) is 14.0 Å². The summed E-state index contributed by atoms with van der Waals surface area (Å²) in [5.74, 6) is 0. The summed E-state index contributed by atoms with van der Waals surface area (Å²) in [4.78, 5) is 8.18.